The van der Waals surface area contributed by atoms with Gasteiger partial charge in [0.1, 0.15) is 0 Å². The van der Waals surface area contributed by atoms with Gasteiger partial charge in [-0.3, -0.25) is 4.79 Å². The number of nitrogens with zero attached hydrogens (tertiary/aromatic N) is 1. The predicted molar refractivity (Wildman–Crippen MR) is 76.2 cm³/mol. The van der Waals surface area contributed by atoms with Gasteiger partial charge in [-0.05, 0) is 31.0 Å². The molecule has 1 rings (SSSR count). The third-order valence-electron chi connectivity index (χ3n) is 2.53. The molecule has 0 bridgehead atoms. The molecule has 0 unspecified atom stereocenters. The Bertz CT molecular complexity index is 405. The minimum atomic E-state index is -0.234. The zero-order valence-corrected chi connectivity index (χ0v) is 11.4. The van der Waals surface area contributed by atoms with Crippen molar-refractivity contribution in [2.45, 2.75) is 39.0 Å². The number of rotatable bonds is 7. The van der Waals surface area contributed by atoms with Gasteiger partial charge in [-0.25, -0.2) is 5.43 Å². The number of hydrogen-bond donors (Lipinski definition) is 1. The lowest BCUT2D eigenvalue weighted by Crippen LogP contribution is -2.17. The fourth-order valence-corrected chi connectivity index (χ4v) is 1.72. The van der Waals surface area contributed by atoms with Crippen molar-refractivity contribution in [3.63, 3.8) is 0 Å². The van der Waals surface area contributed by atoms with Crippen LogP contribution >= 0.6 is 11.6 Å². The highest BCUT2D eigenvalue weighted by Crippen LogP contribution is 2.10. The van der Waals surface area contributed by atoms with Crippen molar-refractivity contribution in [2.75, 3.05) is 0 Å². The molecule has 1 N–H and O–H groups in total. The molecule has 0 aliphatic heterocycles. The van der Waals surface area contributed by atoms with E-state index in [1.54, 1.807) is 30.5 Å². The van der Waals surface area contributed by atoms with E-state index in [9.17, 15) is 4.79 Å². The van der Waals surface area contributed by atoms with Crippen molar-refractivity contribution in [3.05, 3.63) is 34.9 Å². The van der Waals surface area contributed by atoms with Gasteiger partial charge in [0.15, 0.2) is 0 Å². The molecule has 3 nitrogen and oxygen atoms in total. The van der Waals surface area contributed by atoms with E-state index < -0.39 is 0 Å². The summed E-state index contributed by atoms with van der Waals surface area (Å²) in [6.45, 7) is 2.18. The second-order valence-corrected chi connectivity index (χ2v) is 4.55. The summed E-state index contributed by atoms with van der Waals surface area (Å²) >= 11 is 5.80. The summed E-state index contributed by atoms with van der Waals surface area (Å²) < 4.78 is 0. The van der Waals surface area contributed by atoms with Crippen LogP contribution in [0.2, 0.25) is 5.02 Å². The van der Waals surface area contributed by atoms with Crippen LogP contribution in [-0.4, -0.2) is 12.1 Å². The van der Waals surface area contributed by atoms with Crippen LogP contribution in [0.3, 0.4) is 0 Å². The summed E-state index contributed by atoms with van der Waals surface area (Å²) in [5.41, 5.74) is 3.01. The van der Waals surface area contributed by atoms with Crippen LogP contribution in [0.25, 0.3) is 0 Å². The van der Waals surface area contributed by atoms with Crippen LogP contribution in [0.15, 0.2) is 29.4 Å². The van der Waals surface area contributed by atoms with E-state index in [-0.39, 0.29) is 5.91 Å². The molecular weight excluding hydrogens is 248 g/mol. The van der Waals surface area contributed by atoms with Gasteiger partial charge in [0, 0.05) is 16.8 Å². The molecule has 1 aromatic rings. The maximum absolute atomic E-state index is 11.6. The van der Waals surface area contributed by atoms with Gasteiger partial charge in [-0.15, -0.1) is 0 Å². The third kappa shape index (κ3) is 5.82. The highest BCUT2D eigenvalue weighted by atomic mass is 35.5. The number of nitrogens with one attached hydrogen (secondary N) is 1. The molecule has 0 spiro atoms. The predicted octanol–water partition coefficient (Wildman–Crippen LogP) is 4.03. The van der Waals surface area contributed by atoms with Crippen molar-refractivity contribution in [1.29, 1.82) is 0 Å². The first-order valence-corrected chi connectivity index (χ1v) is 6.69. The van der Waals surface area contributed by atoms with Crippen LogP contribution in [0.5, 0.6) is 0 Å². The maximum Gasteiger partial charge on any atom is 0.271 e. The minimum Gasteiger partial charge on any atom is -0.267 e. The van der Waals surface area contributed by atoms with Crippen molar-refractivity contribution in [1.82, 2.24) is 5.43 Å². The molecule has 0 saturated carbocycles. The normalized spacial score (nSPS) is 10.8. The fourth-order valence-electron chi connectivity index (χ4n) is 1.53. The summed E-state index contributed by atoms with van der Waals surface area (Å²) in [6, 6.07) is 6.80. The Morgan fingerprint density at radius 1 is 1.39 bits per heavy atom. The highest BCUT2D eigenvalue weighted by molar-refractivity contribution is 6.30. The Balaban J connectivity index is 2.26. The molecule has 0 heterocycles. The van der Waals surface area contributed by atoms with Crippen molar-refractivity contribution in [3.8, 4) is 0 Å². The number of unbranched alkanes of at least 4 members (excludes halogenated alkanes) is 4. The van der Waals surface area contributed by atoms with Crippen LogP contribution in [0, 0.1) is 0 Å². The molecule has 1 aromatic carbocycles. The minimum absolute atomic E-state index is 0.234. The molecule has 0 aliphatic rings. The van der Waals surface area contributed by atoms with E-state index in [0.717, 1.165) is 12.8 Å². The van der Waals surface area contributed by atoms with Gasteiger partial charge in [0.2, 0.25) is 0 Å². The van der Waals surface area contributed by atoms with Crippen LogP contribution in [-0.2, 0) is 0 Å². The quantitative estimate of drug-likeness (QED) is 0.452. The standard InChI is InChI=1S/C14H19ClN2O/c1-2-3-4-5-6-10-16-17-14(18)12-8-7-9-13(15)11-12/h7-11H,2-6H2,1H3,(H,17,18)/b16-10+. The van der Waals surface area contributed by atoms with Gasteiger partial charge in [-0.1, -0.05) is 43.9 Å². The summed E-state index contributed by atoms with van der Waals surface area (Å²) in [5, 5.41) is 4.45. The molecule has 0 aliphatic carbocycles. The molecule has 0 fully saturated rings. The van der Waals surface area contributed by atoms with Gasteiger partial charge < -0.3 is 0 Å². The summed E-state index contributed by atoms with van der Waals surface area (Å²) in [5.74, 6) is -0.234. The Kier molecular flexibility index (Phi) is 7.11. The Hall–Kier alpha value is -1.35. The second-order valence-electron chi connectivity index (χ2n) is 4.11. The third-order valence-corrected chi connectivity index (χ3v) is 2.77. The first-order chi connectivity index (χ1) is 8.74. The molecule has 1 amide bonds. The Morgan fingerprint density at radius 2 is 2.22 bits per heavy atom. The lowest BCUT2D eigenvalue weighted by atomic mass is 10.2. The lowest BCUT2D eigenvalue weighted by Gasteiger charge is -2.00. The zero-order chi connectivity index (χ0) is 13.2. The first-order valence-electron chi connectivity index (χ1n) is 6.31. The summed E-state index contributed by atoms with van der Waals surface area (Å²) in [4.78, 5) is 11.6. The van der Waals surface area contributed by atoms with E-state index >= 15 is 0 Å². The smallest absolute Gasteiger partial charge is 0.267 e. The first kappa shape index (κ1) is 14.7. The zero-order valence-electron chi connectivity index (χ0n) is 10.7. The van der Waals surface area contributed by atoms with Crippen LogP contribution in [0.1, 0.15) is 49.4 Å². The Morgan fingerprint density at radius 3 is 2.94 bits per heavy atom. The number of carbonyl (C=O) groups excluding carboxylic acids is 1. The lowest BCUT2D eigenvalue weighted by molar-refractivity contribution is 0.0955. The highest BCUT2D eigenvalue weighted by Gasteiger charge is 2.03. The van der Waals surface area contributed by atoms with E-state index in [1.165, 1.54) is 19.3 Å². The summed E-state index contributed by atoms with van der Waals surface area (Å²) in [6.07, 6.45) is 7.45. The molecular formula is C14H19ClN2O. The molecule has 4 heteroatoms. The number of benzene rings is 1. The van der Waals surface area contributed by atoms with Crippen molar-refractivity contribution in [2.24, 2.45) is 5.10 Å². The molecule has 0 atom stereocenters. The Labute approximate surface area is 113 Å². The number of hydrazone groups is 1. The van der Waals surface area contributed by atoms with E-state index in [0.29, 0.717) is 10.6 Å². The molecule has 0 saturated heterocycles. The molecule has 0 radical (unpaired) electrons. The summed E-state index contributed by atoms with van der Waals surface area (Å²) in [7, 11) is 0. The van der Waals surface area contributed by atoms with Crippen molar-refractivity contribution >= 4 is 23.7 Å². The van der Waals surface area contributed by atoms with E-state index in [2.05, 4.69) is 17.5 Å². The molecule has 0 aromatic heterocycles. The SMILES string of the molecule is CCCCCC/C=N/NC(=O)c1cccc(Cl)c1. The molecule has 98 valence electrons. The largest absolute Gasteiger partial charge is 0.271 e. The number of hydrogen-bond acceptors (Lipinski definition) is 2. The van der Waals surface area contributed by atoms with Gasteiger partial charge in [0.25, 0.3) is 5.91 Å². The van der Waals surface area contributed by atoms with Crippen LogP contribution < -0.4 is 5.43 Å². The van der Waals surface area contributed by atoms with Gasteiger partial charge in [0.05, 0.1) is 0 Å². The average Bonchev–Trinajstić information content (AvgIpc) is 2.37. The molecule has 18 heavy (non-hydrogen) atoms. The number of amides is 1. The average molecular weight is 267 g/mol. The van der Waals surface area contributed by atoms with E-state index in [4.69, 9.17) is 11.6 Å². The monoisotopic (exact) mass is 266 g/mol. The fraction of sp³-hybridized carbons (Fsp3) is 0.429. The van der Waals surface area contributed by atoms with Crippen LogP contribution in [0.4, 0.5) is 0 Å². The second kappa shape index (κ2) is 8.70. The number of carbonyl (C=O) groups is 1. The van der Waals surface area contributed by atoms with E-state index in [1.807, 2.05) is 0 Å². The topological polar surface area (TPSA) is 41.5 Å². The maximum atomic E-state index is 11.6. The van der Waals surface area contributed by atoms with Gasteiger partial charge in [-0.2, -0.15) is 5.10 Å². The van der Waals surface area contributed by atoms with Crippen molar-refractivity contribution < 1.29 is 4.79 Å². The number of halogens is 1. The van der Waals surface area contributed by atoms with Gasteiger partial charge >= 0.3 is 0 Å².